The Balaban J connectivity index is 2.24. The van der Waals surface area contributed by atoms with E-state index in [1.54, 1.807) is 6.07 Å². The molecule has 0 spiro atoms. The van der Waals surface area contributed by atoms with Gasteiger partial charge in [0.05, 0.1) is 9.40 Å². The van der Waals surface area contributed by atoms with Crippen molar-refractivity contribution < 1.29 is 9.72 Å². The maximum atomic E-state index is 12.0. The van der Waals surface area contributed by atoms with Crippen molar-refractivity contribution in [2.45, 2.75) is 0 Å². The van der Waals surface area contributed by atoms with E-state index >= 15 is 0 Å². The summed E-state index contributed by atoms with van der Waals surface area (Å²) in [4.78, 5) is 26.0. The summed E-state index contributed by atoms with van der Waals surface area (Å²) in [5, 5.41) is 13.6. The molecule has 2 rings (SSSR count). The average Bonchev–Trinajstić information content (AvgIpc) is 2.40. The number of nitrogens with zero attached hydrogens (tertiary/aromatic N) is 2. The summed E-state index contributed by atoms with van der Waals surface area (Å²) in [5.74, 6) is -0.425. The van der Waals surface area contributed by atoms with Crippen LogP contribution in [0.15, 0.2) is 41.0 Å². The molecule has 0 saturated carbocycles. The van der Waals surface area contributed by atoms with Crippen LogP contribution in [0.1, 0.15) is 10.4 Å². The average molecular weight is 357 g/mol. The van der Waals surface area contributed by atoms with Gasteiger partial charge in [0.2, 0.25) is 0 Å². The lowest BCUT2D eigenvalue weighted by atomic mass is 10.2. The van der Waals surface area contributed by atoms with Crippen molar-refractivity contribution in [2.24, 2.45) is 0 Å². The van der Waals surface area contributed by atoms with Gasteiger partial charge in [-0.2, -0.15) is 0 Å². The van der Waals surface area contributed by atoms with Crippen LogP contribution < -0.4 is 5.32 Å². The first-order valence-electron chi connectivity index (χ1n) is 5.34. The molecular formula is C12H7BrClN3O3. The van der Waals surface area contributed by atoms with Gasteiger partial charge in [-0.25, -0.2) is 4.98 Å². The highest BCUT2D eigenvalue weighted by Crippen LogP contribution is 2.28. The predicted molar refractivity (Wildman–Crippen MR) is 78.0 cm³/mol. The van der Waals surface area contributed by atoms with Gasteiger partial charge in [-0.3, -0.25) is 14.9 Å². The molecule has 2 aromatic rings. The number of rotatable bonds is 3. The maximum absolute atomic E-state index is 12.0. The van der Waals surface area contributed by atoms with Gasteiger partial charge in [-0.1, -0.05) is 11.6 Å². The summed E-state index contributed by atoms with van der Waals surface area (Å²) in [6.07, 6.45) is 1.40. The summed E-state index contributed by atoms with van der Waals surface area (Å²) >= 11 is 8.76. The number of halogens is 2. The molecule has 1 amide bonds. The fourth-order valence-electron chi connectivity index (χ4n) is 1.48. The normalized spacial score (nSPS) is 10.1. The Morgan fingerprint density at radius 2 is 2.10 bits per heavy atom. The Labute approximate surface area is 127 Å². The number of amides is 1. The molecule has 0 atom stereocenters. The molecule has 0 radical (unpaired) electrons. The quantitative estimate of drug-likeness (QED) is 0.516. The minimum Gasteiger partial charge on any atom is -0.322 e. The SMILES string of the molecule is O=C(Nc1ccc(Br)c([N+](=O)[O-])c1)c1ccnc(Cl)c1. The number of carbonyl (C=O) groups is 1. The van der Waals surface area contributed by atoms with E-state index < -0.39 is 10.8 Å². The highest BCUT2D eigenvalue weighted by atomic mass is 79.9. The van der Waals surface area contributed by atoms with Crippen LogP contribution in [0.3, 0.4) is 0 Å². The highest BCUT2D eigenvalue weighted by molar-refractivity contribution is 9.10. The fraction of sp³-hybridized carbons (Fsp3) is 0. The van der Waals surface area contributed by atoms with Gasteiger partial charge < -0.3 is 5.32 Å². The molecule has 8 heteroatoms. The Morgan fingerprint density at radius 3 is 2.75 bits per heavy atom. The monoisotopic (exact) mass is 355 g/mol. The largest absolute Gasteiger partial charge is 0.322 e. The third-order valence-electron chi connectivity index (χ3n) is 2.39. The summed E-state index contributed by atoms with van der Waals surface area (Å²) in [6, 6.07) is 7.22. The zero-order valence-electron chi connectivity index (χ0n) is 9.84. The van der Waals surface area contributed by atoms with Crippen LogP contribution in [0.5, 0.6) is 0 Å². The second-order valence-corrected chi connectivity index (χ2v) is 4.99. The third kappa shape index (κ3) is 3.31. The maximum Gasteiger partial charge on any atom is 0.285 e. The van der Waals surface area contributed by atoms with E-state index in [9.17, 15) is 14.9 Å². The number of carbonyl (C=O) groups excluding carboxylic acids is 1. The summed E-state index contributed by atoms with van der Waals surface area (Å²) in [5.41, 5.74) is 0.504. The molecule has 0 unspecified atom stereocenters. The Kier molecular flexibility index (Phi) is 4.31. The molecule has 0 saturated heterocycles. The van der Waals surface area contributed by atoms with Crippen LogP contribution >= 0.6 is 27.5 Å². The second kappa shape index (κ2) is 5.98. The number of benzene rings is 1. The lowest BCUT2D eigenvalue weighted by Gasteiger charge is -2.06. The first kappa shape index (κ1) is 14.4. The molecule has 0 aliphatic heterocycles. The van der Waals surface area contributed by atoms with Crippen molar-refractivity contribution in [3.8, 4) is 0 Å². The van der Waals surface area contributed by atoms with E-state index in [0.717, 1.165) is 0 Å². The first-order valence-corrected chi connectivity index (χ1v) is 6.51. The van der Waals surface area contributed by atoms with E-state index in [2.05, 4.69) is 26.2 Å². The van der Waals surface area contributed by atoms with E-state index in [1.807, 2.05) is 0 Å². The van der Waals surface area contributed by atoms with E-state index in [0.29, 0.717) is 15.7 Å². The van der Waals surface area contributed by atoms with Gasteiger partial charge in [0.1, 0.15) is 5.15 Å². The predicted octanol–water partition coefficient (Wildman–Crippen LogP) is 3.66. The van der Waals surface area contributed by atoms with Gasteiger partial charge >= 0.3 is 0 Å². The third-order valence-corrected chi connectivity index (χ3v) is 3.27. The molecule has 1 aromatic heterocycles. The van der Waals surface area contributed by atoms with Gasteiger partial charge in [-0.15, -0.1) is 0 Å². The van der Waals surface area contributed by atoms with Crippen LogP contribution in [0.25, 0.3) is 0 Å². The molecule has 0 bridgehead atoms. The number of hydrogen-bond acceptors (Lipinski definition) is 4. The zero-order chi connectivity index (χ0) is 14.7. The summed E-state index contributed by atoms with van der Waals surface area (Å²) < 4.78 is 0.340. The van der Waals surface area contributed by atoms with E-state index in [-0.39, 0.29) is 10.8 Å². The number of anilines is 1. The summed E-state index contributed by atoms with van der Waals surface area (Å²) in [6.45, 7) is 0. The molecule has 0 fully saturated rings. The van der Waals surface area contributed by atoms with Crippen molar-refractivity contribution in [1.29, 1.82) is 0 Å². The molecule has 20 heavy (non-hydrogen) atoms. The van der Waals surface area contributed by atoms with Gasteiger partial charge in [0, 0.05) is 23.5 Å². The molecule has 0 aliphatic carbocycles. The Morgan fingerprint density at radius 1 is 1.35 bits per heavy atom. The number of nitrogens with one attached hydrogen (secondary N) is 1. The molecular weight excluding hydrogens is 350 g/mol. The smallest absolute Gasteiger partial charge is 0.285 e. The highest BCUT2D eigenvalue weighted by Gasteiger charge is 2.14. The van der Waals surface area contributed by atoms with Crippen molar-refractivity contribution in [2.75, 3.05) is 5.32 Å². The fourth-order valence-corrected chi connectivity index (χ4v) is 2.04. The lowest BCUT2D eigenvalue weighted by molar-refractivity contribution is -0.385. The second-order valence-electron chi connectivity index (χ2n) is 3.74. The van der Waals surface area contributed by atoms with Crippen LogP contribution in [0.2, 0.25) is 5.15 Å². The first-order chi connectivity index (χ1) is 9.47. The number of aromatic nitrogens is 1. The number of hydrogen-bond donors (Lipinski definition) is 1. The van der Waals surface area contributed by atoms with Gasteiger partial charge in [0.25, 0.3) is 11.6 Å². The Hall–Kier alpha value is -1.99. The van der Waals surface area contributed by atoms with Crippen molar-refractivity contribution in [1.82, 2.24) is 4.98 Å². The van der Waals surface area contributed by atoms with Gasteiger partial charge in [0.15, 0.2) is 0 Å². The van der Waals surface area contributed by atoms with Crippen molar-refractivity contribution in [3.63, 3.8) is 0 Å². The molecule has 6 nitrogen and oxygen atoms in total. The lowest BCUT2D eigenvalue weighted by Crippen LogP contribution is -2.12. The van der Waals surface area contributed by atoms with Crippen molar-refractivity contribution in [3.05, 3.63) is 61.8 Å². The van der Waals surface area contributed by atoms with Crippen LogP contribution in [0.4, 0.5) is 11.4 Å². The number of nitro benzene ring substituents is 1. The summed E-state index contributed by atoms with van der Waals surface area (Å²) in [7, 11) is 0. The minimum atomic E-state index is -0.539. The molecule has 0 aliphatic rings. The number of pyridine rings is 1. The number of nitro groups is 1. The van der Waals surface area contributed by atoms with E-state index in [4.69, 9.17) is 11.6 Å². The van der Waals surface area contributed by atoms with Crippen LogP contribution in [-0.4, -0.2) is 15.8 Å². The molecule has 1 aromatic carbocycles. The Bertz CT molecular complexity index is 693. The van der Waals surface area contributed by atoms with Gasteiger partial charge in [-0.05, 0) is 40.2 Å². The standard InChI is InChI=1S/C12H7BrClN3O3/c13-9-2-1-8(6-10(9)17(19)20)16-12(18)7-3-4-15-11(14)5-7/h1-6H,(H,16,18). The zero-order valence-corrected chi connectivity index (χ0v) is 12.2. The molecule has 102 valence electrons. The van der Waals surface area contributed by atoms with E-state index in [1.165, 1.54) is 30.5 Å². The van der Waals surface area contributed by atoms with Crippen molar-refractivity contribution >= 4 is 44.8 Å². The van der Waals surface area contributed by atoms with Crippen LogP contribution in [0, 0.1) is 10.1 Å². The minimum absolute atomic E-state index is 0.129. The topological polar surface area (TPSA) is 85.1 Å². The molecule has 1 heterocycles. The molecule has 1 N–H and O–H groups in total. The van der Waals surface area contributed by atoms with Crippen LogP contribution in [-0.2, 0) is 0 Å².